The molecule has 0 bridgehead atoms. The second kappa shape index (κ2) is 7.02. The quantitative estimate of drug-likeness (QED) is 0.749. The van der Waals surface area contributed by atoms with Crippen LogP contribution in [-0.2, 0) is 6.42 Å². The molecule has 23 heavy (non-hydrogen) atoms. The van der Waals surface area contributed by atoms with Crippen LogP contribution in [0.4, 0.5) is 5.13 Å². The number of benzene rings is 1. The molecule has 2 heterocycles. The fraction of sp³-hybridized carbons (Fsp3) is 0.250. The normalized spacial score (nSPS) is 10.4. The van der Waals surface area contributed by atoms with E-state index in [-0.39, 0.29) is 18.2 Å². The second-order valence-electron chi connectivity index (χ2n) is 4.97. The molecule has 0 radical (unpaired) electrons. The SMILES string of the molecule is CNc1nc2c(Cc3cccnc3)c(OC)c(O)c(C)c2s1.Cl. The minimum absolute atomic E-state index is 0. The Bertz CT molecular complexity index is 821. The van der Waals surface area contributed by atoms with E-state index in [1.807, 2.05) is 32.3 Å². The van der Waals surface area contributed by atoms with Crippen molar-refractivity contribution in [3.05, 3.63) is 41.2 Å². The molecule has 7 heteroatoms. The summed E-state index contributed by atoms with van der Waals surface area (Å²) in [5.41, 5.74) is 3.59. The number of rotatable bonds is 4. The average molecular weight is 352 g/mol. The Hall–Kier alpha value is -2.05. The predicted molar refractivity (Wildman–Crippen MR) is 96.4 cm³/mol. The second-order valence-corrected chi connectivity index (χ2v) is 5.97. The summed E-state index contributed by atoms with van der Waals surface area (Å²) < 4.78 is 6.43. The molecule has 0 saturated heterocycles. The number of ether oxygens (including phenoxy) is 1. The minimum atomic E-state index is 0. The lowest BCUT2D eigenvalue weighted by Gasteiger charge is -2.13. The van der Waals surface area contributed by atoms with Crippen LogP contribution in [-0.4, -0.2) is 29.2 Å². The maximum absolute atomic E-state index is 10.5. The number of aryl methyl sites for hydroxylation is 1. The Morgan fingerprint density at radius 2 is 2.17 bits per heavy atom. The van der Waals surface area contributed by atoms with Crippen LogP contribution in [0.2, 0.25) is 0 Å². The largest absolute Gasteiger partial charge is 0.504 e. The zero-order valence-corrected chi connectivity index (χ0v) is 14.7. The van der Waals surface area contributed by atoms with E-state index < -0.39 is 0 Å². The van der Waals surface area contributed by atoms with Gasteiger partial charge in [0, 0.05) is 37.0 Å². The molecule has 3 rings (SSSR count). The van der Waals surface area contributed by atoms with Gasteiger partial charge in [0.05, 0.1) is 17.3 Å². The van der Waals surface area contributed by atoms with Crippen molar-refractivity contribution in [1.29, 1.82) is 0 Å². The summed E-state index contributed by atoms with van der Waals surface area (Å²) in [6.45, 7) is 1.88. The highest BCUT2D eigenvalue weighted by molar-refractivity contribution is 7.22. The number of phenolic OH excluding ortho intramolecular Hbond substituents is 1. The molecular formula is C16H18ClN3O2S. The zero-order valence-electron chi connectivity index (χ0n) is 13.1. The molecule has 2 aromatic heterocycles. The van der Waals surface area contributed by atoms with Crippen LogP contribution in [0.3, 0.4) is 0 Å². The summed E-state index contributed by atoms with van der Waals surface area (Å²) in [7, 11) is 3.41. The number of fused-ring (bicyclic) bond motifs is 1. The Kier molecular flexibility index (Phi) is 5.28. The lowest BCUT2D eigenvalue weighted by molar-refractivity contribution is 0.369. The summed E-state index contributed by atoms with van der Waals surface area (Å²) in [5, 5.41) is 14.3. The van der Waals surface area contributed by atoms with Crippen molar-refractivity contribution in [1.82, 2.24) is 9.97 Å². The molecule has 0 spiro atoms. The molecule has 1 aromatic carbocycles. The number of anilines is 1. The standard InChI is InChI=1S/C16H17N3O2S.ClH/c1-9-13(20)14(21-3)11(7-10-5-4-6-18-8-10)12-15(9)22-16(17-2)19-12;/h4-6,8,20H,7H2,1-3H3,(H,17,19);1H. The van der Waals surface area contributed by atoms with E-state index in [4.69, 9.17) is 4.74 Å². The average Bonchev–Trinajstić information content (AvgIpc) is 2.98. The van der Waals surface area contributed by atoms with E-state index in [0.29, 0.717) is 12.2 Å². The van der Waals surface area contributed by atoms with Gasteiger partial charge in [-0.3, -0.25) is 4.98 Å². The highest BCUT2D eigenvalue weighted by Gasteiger charge is 2.21. The maximum Gasteiger partial charge on any atom is 0.183 e. The molecule has 2 N–H and O–H groups in total. The third-order valence-corrected chi connectivity index (χ3v) is 4.81. The van der Waals surface area contributed by atoms with Crippen LogP contribution in [0, 0.1) is 6.92 Å². The van der Waals surface area contributed by atoms with Gasteiger partial charge in [-0.05, 0) is 18.6 Å². The van der Waals surface area contributed by atoms with Gasteiger partial charge in [0.2, 0.25) is 0 Å². The summed E-state index contributed by atoms with van der Waals surface area (Å²) in [4.78, 5) is 8.78. The number of hydrogen-bond donors (Lipinski definition) is 2. The molecule has 0 unspecified atom stereocenters. The van der Waals surface area contributed by atoms with E-state index in [1.165, 1.54) is 11.3 Å². The van der Waals surface area contributed by atoms with Crippen LogP contribution in [0.5, 0.6) is 11.5 Å². The van der Waals surface area contributed by atoms with Gasteiger partial charge >= 0.3 is 0 Å². The summed E-state index contributed by atoms with van der Waals surface area (Å²) >= 11 is 1.53. The number of halogens is 1. The first-order chi connectivity index (χ1) is 10.7. The topological polar surface area (TPSA) is 67.3 Å². The first-order valence-electron chi connectivity index (χ1n) is 6.91. The van der Waals surface area contributed by atoms with Crippen molar-refractivity contribution in [2.45, 2.75) is 13.3 Å². The van der Waals surface area contributed by atoms with Gasteiger partial charge in [-0.1, -0.05) is 17.4 Å². The molecule has 0 saturated carbocycles. The number of aromatic hydroxyl groups is 1. The van der Waals surface area contributed by atoms with Gasteiger partial charge in [0.15, 0.2) is 16.6 Å². The number of phenols is 1. The number of thiazole rings is 1. The van der Waals surface area contributed by atoms with Crippen LogP contribution in [0.15, 0.2) is 24.5 Å². The fourth-order valence-electron chi connectivity index (χ4n) is 2.50. The third-order valence-electron chi connectivity index (χ3n) is 3.62. The number of nitrogens with one attached hydrogen (secondary N) is 1. The Labute approximate surface area is 144 Å². The molecule has 3 aromatic rings. The molecule has 5 nitrogen and oxygen atoms in total. The van der Waals surface area contributed by atoms with Crippen molar-refractivity contribution in [2.75, 3.05) is 19.5 Å². The lowest BCUT2D eigenvalue weighted by Crippen LogP contribution is -1.98. The van der Waals surface area contributed by atoms with E-state index in [1.54, 1.807) is 13.3 Å². The van der Waals surface area contributed by atoms with Gasteiger partial charge < -0.3 is 15.2 Å². The Balaban J connectivity index is 0.00000192. The molecule has 0 aliphatic heterocycles. The van der Waals surface area contributed by atoms with Crippen molar-refractivity contribution in [3.63, 3.8) is 0 Å². The molecule has 122 valence electrons. The first-order valence-corrected chi connectivity index (χ1v) is 7.73. The monoisotopic (exact) mass is 351 g/mol. The smallest absolute Gasteiger partial charge is 0.183 e. The number of nitrogens with zero attached hydrogens (tertiary/aromatic N) is 2. The van der Waals surface area contributed by atoms with Crippen molar-refractivity contribution in [2.24, 2.45) is 0 Å². The van der Waals surface area contributed by atoms with Gasteiger partial charge in [-0.2, -0.15) is 0 Å². The Morgan fingerprint density at radius 1 is 1.39 bits per heavy atom. The number of pyridine rings is 1. The van der Waals surface area contributed by atoms with Crippen LogP contribution in [0.25, 0.3) is 10.2 Å². The predicted octanol–water partition coefficient (Wildman–Crippen LogP) is 3.77. The highest BCUT2D eigenvalue weighted by atomic mass is 35.5. The summed E-state index contributed by atoms with van der Waals surface area (Å²) in [5.74, 6) is 0.669. The zero-order chi connectivity index (χ0) is 15.7. The van der Waals surface area contributed by atoms with Gasteiger partial charge in [0.25, 0.3) is 0 Å². The molecule has 0 aliphatic rings. The molecule has 0 atom stereocenters. The third kappa shape index (κ3) is 3.04. The van der Waals surface area contributed by atoms with Gasteiger partial charge in [-0.25, -0.2) is 4.98 Å². The molecule has 0 fully saturated rings. The van der Waals surface area contributed by atoms with Crippen LogP contribution >= 0.6 is 23.7 Å². The molecular weight excluding hydrogens is 334 g/mol. The summed E-state index contributed by atoms with van der Waals surface area (Å²) in [6, 6.07) is 3.90. The molecule has 0 amide bonds. The fourth-order valence-corrected chi connectivity index (χ4v) is 3.45. The van der Waals surface area contributed by atoms with Crippen LogP contribution < -0.4 is 10.1 Å². The van der Waals surface area contributed by atoms with Crippen molar-refractivity contribution in [3.8, 4) is 11.5 Å². The Morgan fingerprint density at radius 3 is 2.78 bits per heavy atom. The lowest BCUT2D eigenvalue weighted by atomic mass is 10.0. The highest BCUT2D eigenvalue weighted by Crippen LogP contribution is 2.44. The van der Waals surface area contributed by atoms with Gasteiger partial charge in [0.1, 0.15) is 0 Å². The number of aromatic nitrogens is 2. The van der Waals surface area contributed by atoms with Crippen LogP contribution in [0.1, 0.15) is 16.7 Å². The summed E-state index contributed by atoms with van der Waals surface area (Å²) in [6.07, 6.45) is 4.16. The van der Waals surface area contributed by atoms with E-state index in [2.05, 4.69) is 15.3 Å². The van der Waals surface area contributed by atoms with E-state index >= 15 is 0 Å². The van der Waals surface area contributed by atoms with Crippen molar-refractivity contribution < 1.29 is 9.84 Å². The van der Waals surface area contributed by atoms with Crippen molar-refractivity contribution >= 4 is 39.1 Å². The number of methoxy groups -OCH3 is 1. The number of hydrogen-bond acceptors (Lipinski definition) is 6. The van der Waals surface area contributed by atoms with Gasteiger partial charge in [-0.15, -0.1) is 12.4 Å². The maximum atomic E-state index is 10.5. The first kappa shape index (κ1) is 17.3. The molecule has 0 aliphatic carbocycles. The van der Waals surface area contributed by atoms with E-state index in [0.717, 1.165) is 32.0 Å². The van der Waals surface area contributed by atoms with E-state index in [9.17, 15) is 5.11 Å². The minimum Gasteiger partial charge on any atom is -0.504 e.